The molecule has 2 fully saturated rings. The van der Waals surface area contributed by atoms with Crippen molar-refractivity contribution in [3.05, 3.63) is 0 Å². The van der Waals surface area contributed by atoms with Gasteiger partial charge in [0.1, 0.15) is 0 Å². The Morgan fingerprint density at radius 2 is 2.27 bits per heavy atom. The van der Waals surface area contributed by atoms with E-state index in [1.54, 1.807) is 0 Å². The van der Waals surface area contributed by atoms with Crippen LogP contribution in [0.4, 0.5) is 0 Å². The molecule has 0 aromatic heterocycles. The second kappa shape index (κ2) is 4.52. The molecule has 1 amide bonds. The maximum Gasteiger partial charge on any atom is 0.220 e. The van der Waals surface area contributed by atoms with Crippen LogP contribution in [0.15, 0.2) is 0 Å². The second-order valence-electron chi connectivity index (χ2n) is 5.29. The van der Waals surface area contributed by atoms with Gasteiger partial charge in [0, 0.05) is 18.0 Å². The Morgan fingerprint density at radius 3 is 2.87 bits per heavy atom. The molecule has 0 spiro atoms. The molecule has 15 heavy (non-hydrogen) atoms. The van der Waals surface area contributed by atoms with Crippen molar-refractivity contribution in [1.82, 2.24) is 10.6 Å². The number of carbonyl (C=O) groups is 1. The molecular formula is C12H22N2O. The van der Waals surface area contributed by atoms with Gasteiger partial charge in [-0.3, -0.25) is 4.79 Å². The molecule has 3 heteroatoms. The van der Waals surface area contributed by atoms with Gasteiger partial charge in [0.15, 0.2) is 0 Å². The van der Waals surface area contributed by atoms with Crippen molar-refractivity contribution in [3.8, 4) is 0 Å². The predicted octanol–water partition coefficient (Wildman–Crippen LogP) is 1.58. The molecule has 0 bridgehead atoms. The van der Waals surface area contributed by atoms with Crippen LogP contribution in [0.5, 0.6) is 0 Å². The van der Waals surface area contributed by atoms with Gasteiger partial charge in [0.05, 0.1) is 0 Å². The zero-order chi connectivity index (χ0) is 10.7. The third kappa shape index (κ3) is 3.49. The van der Waals surface area contributed by atoms with E-state index in [4.69, 9.17) is 0 Å². The summed E-state index contributed by atoms with van der Waals surface area (Å²) in [4.78, 5) is 11.6. The fraction of sp³-hybridized carbons (Fsp3) is 0.917. The molecule has 0 aromatic rings. The van der Waals surface area contributed by atoms with Crippen molar-refractivity contribution >= 4 is 5.91 Å². The van der Waals surface area contributed by atoms with Crippen LogP contribution < -0.4 is 10.6 Å². The number of carbonyl (C=O) groups excluding carboxylic acids is 1. The topological polar surface area (TPSA) is 41.1 Å². The summed E-state index contributed by atoms with van der Waals surface area (Å²) >= 11 is 0. The quantitative estimate of drug-likeness (QED) is 0.739. The molecule has 1 aliphatic heterocycles. The summed E-state index contributed by atoms with van der Waals surface area (Å²) in [6.07, 6.45) is 7.85. The predicted molar refractivity (Wildman–Crippen MR) is 60.7 cm³/mol. The largest absolute Gasteiger partial charge is 0.351 e. The van der Waals surface area contributed by atoms with Crippen molar-refractivity contribution in [2.45, 2.75) is 63.5 Å². The highest BCUT2D eigenvalue weighted by atomic mass is 16.1. The fourth-order valence-electron chi connectivity index (χ4n) is 2.19. The van der Waals surface area contributed by atoms with Crippen LogP contribution in [-0.2, 0) is 4.79 Å². The maximum atomic E-state index is 11.6. The van der Waals surface area contributed by atoms with Gasteiger partial charge >= 0.3 is 0 Å². The molecule has 2 rings (SSSR count). The highest BCUT2D eigenvalue weighted by Crippen LogP contribution is 2.34. The molecule has 1 heterocycles. The first kappa shape index (κ1) is 10.9. The van der Waals surface area contributed by atoms with Gasteiger partial charge in [-0.15, -0.1) is 0 Å². The first-order chi connectivity index (χ1) is 7.18. The van der Waals surface area contributed by atoms with E-state index in [1.165, 1.54) is 19.3 Å². The summed E-state index contributed by atoms with van der Waals surface area (Å²) in [5.41, 5.74) is 0.150. The minimum Gasteiger partial charge on any atom is -0.351 e. The average Bonchev–Trinajstić information content (AvgIpc) is 2.95. The number of rotatable bonds is 4. The van der Waals surface area contributed by atoms with Gasteiger partial charge in [-0.1, -0.05) is 6.42 Å². The summed E-state index contributed by atoms with van der Waals surface area (Å²) in [5.74, 6) is 0.238. The normalized spacial score (nSPS) is 28.5. The number of amides is 1. The van der Waals surface area contributed by atoms with E-state index in [1.807, 2.05) is 0 Å². The van der Waals surface area contributed by atoms with E-state index in [2.05, 4.69) is 17.6 Å². The highest BCUT2D eigenvalue weighted by molar-refractivity contribution is 5.77. The van der Waals surface area contributed by atoms with Crippen molar-refractivity contribution < 1.29 is 4.79 Å². The van der Waals surface area contributed by atoms with Crippen LogP contribution in [0.3, 0.4) is 0 Å². The van der Waals surface area contributed by atoms with Crippen LogP contribution >= 0.6 is 0 Å². The van der Waals surface area contributed by atoms with Gasteiger partial charge in [-0.2, -0.15) is 0 Å². The molecular weight excluding hydrogens is 188 g/mol. The molecule has 0 aromatic carbocycles. The van der Waals surface area contributed by atoms with Crippen molar-refractivity contribution in [2.24, 2.45) is 0 Å². The maximum absolute atomic E-state index is 11.6. The zero-order valence-electron chi connectivity index (χ0n) is 9.64. The monoisotopic (exact) mass is 210 g/mol. The van der Waals surface area contributed by atoms with Gasteiger partial charge in [0.25, 0.3) is 0 Å². The molecule has 86 valence electrons. The Hall–Kier alpha value is -0.570. The smallest absolute Gasteiger partial charge is 0.220 e. The van der Waals surface area contributed by atoms with E-state index in [-0.39, 0.29) is 11.4 Å². The lowest BCUT2D eigenvalue weighted by Gasteiger charge is -2.23. The second-order valence-corrected chi connectivity index (χ2v) is 5.29. The van der Waals surface area contributed by atoms with Crippen LogP contribution in [0, 0.1) is 0 Å². The molecule has 1 unspecified atom stereocenters. The summed E-state index contributed by atoms with van der Waals surface area (Å²) in [6, 6.07) is 0.580. The molecule has 1 atom stereocenters. The summed E-state index contributed by atoms with van der Waals surface area (Å²) < 4.78 is 0. The van der Waals surface area contributed by atoms with Crippen molar-refractivity contribution in [1.29, 1.82) is 0 Å². The van der Waals surface area contributed by atoms with Gasteiger partial charge < -0.3 is 10.6 Å². The molecule has 3 nitrogen and oxygen atoms in total. The molecule has 1 saturated carbocycles. The highest BCUT2D eigenvalue weighted by Gasteiger charge is 2.38. The number of piperidine rings is 1. The third-order valence-electron chi connectivity index (χ3n) is 3.57. The Balaban J connectivity index is 1.61. The van der Waals surface area contributed by atoms with E-state index in [9.17, 15) is 4.79 Å². The van der Waals surface area contributed by atoms with Crippen LogP contribution in [0.25, 0.3) is 0 Å². The van der Waals surface area contributed by atoms with E-state index in [0.29, 0.717) is 12.5 Å². The minimum atomic E-state index is 0.150. The minimum absolute atomic E-state index is 0.150. The van der Waals surface area contributed by atoms with Gasteiger partial charge in [-0.05, 0) is 45.6 Å². The molecule has 2 N–H and O–H groups in total. The molecule has 2 aliphatic rings. The van der Waals surface area contributed by atoms with Gasteiger partial charge in [0.2, 0.25) is 5.91 Å². The Labute approximate surface area is 92.0 Å². The van der Waals surface area contributed by atoms with E-state index in [0.717, 1.165) is 25.8 Å². The lowest BCUT2D eigenvalue weighted by molar-refractivity contribution is -0.122. The number of hydrogen-bond acceptors (Lipinski definition) is 2. The lowest BCUT2D eigenvalue weighted by Crippen LogP contribution is -2.37. The first-order valence-corrected chi connectivity index (χ1v) is 6.22. The lowest BCUT2D eigenvalue weighted by atomic mass is 10.0. The first-order valence-electron chi connectivity index (χ1n) is 6.22. The van der Waals surface area contributed by atoms with Crippen molar-refractivity contribution in [3.63, 3.8) is 0 Å². The van der Waals surface area contributed by atoms with E-state index >= 15 is 0 Å². The standard InChI is InChI=1S/C12H22N2O/c1-12(7-8-12)14-11(15)6-5-10-4-2-3-9-13-10/h10,13H,2-9H2,1H3,(H,14,15). The third-order valence-corrected chi connectivity index (χ3v) is 3.57. The van der Waals surface area contributed by atoms with E-state index < -0.39 is 0 Å². The molecule has 1 saturated heterocycles. The van der Waals surface area contributed by atoms with Crippen LogP contribution in [0.2, 0.25) is 0 Å². The Bertz CT molecular complexity index is 230. The number of nitrogens with one attached hydrogen (secondary N) is 2. The molecule has 1 aliphatic carbocycles. The summed E-state index contributed by atoms with van der Waals surface area (Å²) in [7, 11) is 0. The van der Waals surface area contributed by atoms with Crippen LogP contribution in [0.1, 0.15) is 51.9 Å². The SMILES string of the molecule is CC1(NC(=O)CCC2CCCCN2)CC1. The number of hydrogen-bond donors (Lipinski definition) is 2. The average molecular weight is 210 g/mol. The van der Waals surface area contributed by atoms with Crippen LogP contribution in [-0.4, -0.2) is 24.0 Å². The van der Waals surface area contributed by atoms with Gasteiger partial charge in [-0.25, -0.2) is 0 Å². The zero-order valence-corrected chi connectivity index (χ0v) is 9.64. The fourth-order valence-corrected chi connectivity index (χ4v) is 2.19. The summed E-state index contributed by atoms with van der Waals surface area (Å²) in [5, 5.41) is 6.58. The Kier molecular flexibility index (Phi) is 3.29. The van der Waals surface area contributed by atoms with Crippen molar-refractivity contribution in [2.75, 3.05) is 6.54 Å². The summed E-state index contributed by atoms with van der Waals surface area (Å²) in [6.45, 7) is 3.26. The molecule has 0 radical (unpaired) electrons. The Morgan fingerprint density at radius 1 is 1.47 bits per heavy atom.